The van der Waals surface area contributed by atoms with Crippen LogP contribution in [0.4, 0.5) is 0 Å². The van der Waals surface area contributed by atoms with Crippen LogP contribution in [0, 0.1) is 11.8 Å². The number of piperidine rings is 1. The molecule has 0 spiro atoms. The molecular formula is C15H24N2O3S2. The van der Waals surface area contributed by atoms with Crippen molar-refractivity contribution in [2.75, 3.05) is 19.6 Å². The van der Waals surface area contributed by atoms with E-state index >= 15 is 0 Å². The van der Waals surface area contributed by atoms with Crippen molar-refractivity contribution in [3.8, 4) is 0 Å². The summed E-state index contributed by atoms with van der Waals surface area (Å²) in [6, 6.07) is 3.35. The topological polar surface area (TPSA) is 66.5 Å². The van der Waals surface area contributed by atoms with Crippen LogP contribution in [0.25, 0.3) is 0 Å². The van der Waals surface area contributed by atoms with E-state index in [0.717, 1.165) is 19.3 Å². The highest BCUT2D eigenvalue weighted by Gasteiger charge is 2.33. The Morgan fingerprint density at radius 2 is 2.27 bits per heavy atom. The zero-order valence-corrected chi connectivity index (χ0v) is 14.8. The quantitative estimate of drug-likeness (QED) is 0.861. The number of carbonyl (C=O) groups excluding carboxylic acids is 1. The highest BCUT2D eigenvalue weighted by atomic mass is 32.2. The van der Waals surface area contributed by atoms with Gasteiger partial charge in [0.1, 0.15) is 4.21 Å². The van der Waals surface area contributed by atoms with Gasteiger partial charge in [-0.2, -0.15) is 4.31 Å². The third-order valence-corrected chi connectivity index (χ3v) is 7.10. The van der Waals surface area contributed by atoms with Gasteiger partial charge in [-0.05, 0) is 36.6 Å². The Morgan fingerprint density at radius 1 is 1.50 bits per heavy atom. The molecule has 0 saturated carbocycles. The average Bonchev–Trinajstić information content (AvgIpc) is 3.02. The molecule has 0 bridgehead atoms. The number of nitrogens with zero attached hydrogens (tertiary/aromatic N) is 1. The molecule has 2 rings (SSSR count). The van der Waals surface area contributed by atoms with Crippen LogP contribution in [0.5, 0.6) is 0 Å². The molecule has 0 unspecified atom stereocenters. The normalized spacial score (nSPS) is 20.2. The lowest BCUT2D eigenvalue weighted by atomic mass is 9.98. The van der Waals surface area contributed by atoms with Crippen LogP contribution >= 0.6 is 11.3 Å². The summed E-state index contributed by atoms with van der Waals surface area (Å²) in [7, 11) is -3.45. The van der Waals surface area contributed by atoms with Crippen LogP contribution in [0.2, 0.25) is 0 Å². The first-order valence-electron chi connectivity index (χ1n) is 7.72. The number of thiophene rings is 1. The van der Waals surface area contributed by atoms with E-state index in [0.29, 0.717) is 23.2 Å². The Morgan fingerprint density at radius 3 is 2.91 bits per heavy atom. The van der Waals surface area contributed by atoms with E-state index in [9.17, 15) is 13.2 Å². The molecule has 2 heterocycles. The highest BCUT2D eigenvalue weighted by molar-refractivity contribution is 7.91. The Balaban J connectivity index is 1.96. The predicted molar refractivity (Wildman–Crippen MR) is 88.3 cm³/mol. The molecule has 5 nitrogen and oxygen atoms in total. The van der Waals surface area contributed by atoms with Crippen LogP contribution < -0.4 is 5.32 Å². The summed E-state index contributed by atoms with van der Waals surface area (Å²) in [5.41, 5.74) is 0. The molecule has 1 saturated heterocycles. The average molecular weight is 345 g/mol. The van der Waals surface area contributed by atoms with Gasteiger partial charge in [0, 0.05) is 19.6 Å². The van der Waals surface area contributed by atoms with Gasteiger partial charge in [0.05, 0.1) is 5.92 Å². The maximum atomic E-state index is 12.5. The van der Waals surface area contributed by atoms with E-state index in [4.69, 9.17) is 0 Å². The molecule has 22 heavy (non-hydrogen) atoms. The molecule has 1 atom stereocenters. The molecule has 1 aliphatic heterocycles. The lowest BCUT2D eigenvalue weighted by Gasteiger charge is -2.30. The second-order valence-electron chi connectivity index (χ2n) is 6.11. The fourth-order valence-corrected chi connectivity index (χ4v) is 5.21. The minimum absolute atomic E-state index is 0.0215. The maximum absolute atomic E-state index is 12.5. The van der Waals surface area contributed by atoms with Gasteiger partial charge in [0.25, 0.3) is 10.0 Å². The Labute approximate surface area is 136 Å². The van der Waals surface area contributed by atoms with Crippen LogP contribution in [0.1, 0.15) is 33.1 Å². The van der Waals surface area contributed by atoms with E-state index < -0.39 is 10.0 Å². The van der Waals surface area contributed by atoms with Crippen molar-refractivity contribution < 1.29 is 13.2 Å². The fourth-order valence-electron chi connectivity index (χ4n) is 2.54. The lowest BCUT2D eigenvalue weighted by Crippen LogP contribution is -2.45. The summed E-state index contributed by atoms with van der Waals surface area (Å²) in [5, 5.41) is 4.69. The van der Waals surface area contributed by atoms with Crippen molar-refractivity contribution in [1.29, 1.82) is 0 Å². The molecule has 1 amide bonds. The molecule has 0 aromatic carbocycles. The molecule has 0 radical (unpaired) electrons. The van der Waals surface area contributed by atoms with Gasteiger partial charge in [0.2, 0.25) is 5.91 Å². The fraction of sp³-hybridized carbons (Fsp3) is 0.667. The van der Waals surface area contributed by atoms with Crippen molar-refractivity contribution in [2.24, 2.45) is 11.8 Å². The molecule has 7 heteroatoms. The van der Waals surface area contributed by atoms with Gasteiger partial charge in [-0.3, -0.25) is 4.79 Å². The molecule has 1 fully saturated rings. The second-order valence-corrected chi connectivity index (χ2v) is 9.22. The summed E-state index contributed by atoms with van der Waals surface area (Å²) in [6.45, 7) is 5.67. The smallest absolute Gasteiger partial charge is 0.252 e. The maximum Gasteiger partial charge on any atom is 0.252 e. The number of nitrogens with one attached hydrogen (secondary N) is 1. The van der Waals surface area contributed by atoms with Gasteiger partial charge in [-0.1, -0.05) is 19.9 Å². The lowest BCUT2D eigenvalue weighted by molar-refractivity contribution is -0.126. The SMILES string of the molecule is CC(C)CCNC(=O)[C@@H]1CCCN(S(=O)(=O)c2cccs2)C1. The number of rotatable bonds is 6. The first-order valence-corrected chi connectivity index (χ1v) is 10.0. The first-order chi connectivity index (χ1) is 10.4. The summed E-state index contributed by atoms with van der Waals surface area (Å²) in [4.78, 5) is 12.2. The molecular weight excluding hydrogens is 320 g/mol. The van der Waals surface area contributed by atoms with Crippen molar-refractivity contribution in [3.63, 3.8) is 0 Å². The third-order valence-electron chi connectivity index (χ3n) is 3.87. The zero-order valence-electron chi connectivity index (χ0n) is 13.1. The number of carbonyl (C=O) groups is 1. The van der Waals surface area contributed by atoms with Gasteiger partial charge in [-0.25, -0.2) is 8.42 Å². The number of sulfonamides is 1. The van der Waals surface area contributed by atoms with Crippen molar-refractivity contribution in [1.82, 2.24) is 9.62 Å². The van der Waals surface area contributed by atoms with Crippen LogP contribution in [0.15, 0.2) is 21.7 Å². The highest BCUT2D eigenvalue weighted by Crippen LogP contribution is 2.26. The summed E-state index contributed by atoms with van der Waals surface area (Å²) >= 11 is 1.22. The summed E-state index contributed by atoms with van der Waals surface area (Å²) < 4.78 is 26.9. The van der Waals surface area contributed by atoms with E-state index in [1.807, 2.05) is 0 Å². The number of amides is 1. The van der Waals surface area contributed by atoms with E-state index in [1.165, 1.54) is 15.6 Å². The Kier molecular flexibility index (Phi) is 6.00. The first kappa shape index (κ1) is 17.4. The largest absolute Gasteiger partial charge is 0.356 e. The summed E-state index contributed by atoms with van der Waals surface area (Å²) in [6.07, 6.45) is 2.42. The standard InChI is InChI=1S/C15H24N2O3S2/c1-12(2)7-8-16-15(18)13-5-3-9-17(11-13)22(19,20)14-6-4-10-21-14/h4,6,10,12-13H,3,5,7-9,11H2,1-2H3,(H,16,18)/t13-/m1/s1. The monoisotopic (exact) mass is 344 g/mol. The van der Waals surface area contributed by atoms with Gasteiger partial charge in [0.15, 0.2) is 0 Å². The molecule has 1 aromatic heterocycles. The van der Waals surface area contributed by atoms with Gasteiger partial charge >= 0.3 is 0 Å². The van der Waals surface area contributed by atoms with Crippen LogP contribution in [0.3, 0.4) is 0 Å². The Hall–Kier alpha value is -0.920. The van der Waals surface area contributed by atoms with Crippen molar-refractivity contribution in [2.45, 2.75) is 37.3 Å². The van der Waals surface area contributed by atoms with E-state index in [2.05, 4.69) is 19.2 Å². The number of hydrogen-bond acceptors (Lipinski definition) is 4. The van der Waals surface area contributed by atoms with Crippen LogP contribution in [-0.4, -0.2) is 38.3 Å². The Bertz CT molecular complexity index is 582. The predicted octanol–water partition coefficient (Wildman–Crippen LogP) is 2.31. The molecule has 1 N–H and O–H groups in total. The van der Waals surface area contributed by atoms with E-state index in [1.54, 1.807) is 17.5 Å². The van der Waals surface area contributed by atoms with E-state index in [-0.39, 0.29) is 18.4 Å². The zero-order chi connectivity index (χ0) is 16.2. The van der Waals surface area contributed by atoms with Gasteiger partial charge in [-0.15, -0.1) is 11.3 Å². The number of hydrogen-bond donors (Lipinski definition) is 1. The molecule has 0 aliphatic carbocycles. The second kappa shape index (κ2) is 7.57. The minimum Gasteiger partial charge on any atom is -0.356 e. The van der Waals surface area contributed by atoms with Gasteiger partial charge < -0.3 is 5.32 Å². The summed E-state index contributed by atoms with van der Waals surface area (Å²) in [5.74, 6) is 0.282. The molecule has 124 valence electrons. The molecule has 1 aromatic rings. The van der Waals surface area contributed by atoms with Crippen molar-refractivity contribution >= 4 is 27.3 Å². The molecule has 1 aliphatic rings. The van der Waals surface area contributed by atoms with Crippen LogP contribution in [-0.2, 0) is 14.8 Å². The van der Waals surface area contributed by atoms with Crippen molar-refractivity contribution in [3.05, 3.63) is 17.5 Å². The third kappa shape index (κ3) is 4.30. The minimum atomic E-state index is -3.45.